The second-order valence-electron chi connectivity index (χ2n) is 10.3. The molecular weight excluding hydrogens is 534 g/mol. The smallest absolute Gasteiger partial charge is 0.180 e. The monoisotopic (exact) mass is 566 g/mol. The van der Waals surface area contributed by atoms with Crippen LogP contribution in [0.5, 0.6) is 0 Å². The van der Waals surface area contributed by atoms with Crippen LogP contribution >= 0.6 is 0 Å². The van der Waals surface area contributed by atoms with Gasteiger partial charge in [0.1, 0.15) is 28.4 Å². The van der Waals surface area contributed by atoms with Crippen molar-refractivity contribution in [2.24, 2.45) is 0 Å². The largest absolute Gasteiger partial charge is 0.323 e. The minimum atomic E-state index is -3.35. The summed E-state index contributed by atoms with van der Waals surface area (Å²) in [4.78, 5) is 7.99. The molecule has 5 rings (SSSR count). The van der Waals surface area contributed by atoms with Crippen molar-refractivity contribution in [1.29, 1.82) is 0 Å². The quantitative estimate of drug-likeness (QED) is 0.275. The Labute approximate surface area is 232 Å². The van der Waals surface area contributed by atoms with Crippen molar-refractivity contribution in [3.8, 4) is 22.8 Å². The highest BCUT2D eigenvalue weighted by Crippen LogP contribution is 2.49. The summed E-state index contributed by atoms with van der Waals surface area (Å²) in [5, 5.41) is 16.4. The van der Waals surface area contributed by atoms with E-state index >= 15 is 0 Å². The van der Waals surface area contributed by atoms with Crippen LogP contribution in [0.1, 0.15) is 87.3 Å². The lowest BCUT2D eigenvalue weighted by molar-refractivity contribution is 0.353. The SMILES string of the molecule is CC[C@H]1CC[C@](CC)(c2cccc(-c3nnc([C@H](C)S(=O)(=O)CC)[nH]3)n2)c2nnc(-c3c(F)cccc3F)cc21. The Hall–Kier alpha value is -3.60. The maximum Gasteiger partial charge on any atom is 0.180 e. The molecule has 0 saturated carbocycles. The fraction of sp³-hybridized carbons (Fsp3) is 0.414. The predicted octanol–water partition coefficient (Wildman–Crippen LogP) is 6.08. The van der Waals surface area contributed by atoms with E-state index < -0.39 is 32.1 Å². The second kappa shape index (κ2) is 10.8. The van der Waals surface area contributed by atoms with Crippen LogP contribution < -0.4 is 0 Å². The number of hydrogen-bond donors (Lipinski definition) is 1. The molecule has 3 aromatic heterocycles. The number of hydrogen-bond acceptors (Lipinski definition) is 7. The average molecular weight is 567 g/mol. The first-order chi connectivity index (χ1) is 19.1. The summed E-state index contributed by atoms with van der Waals surface area (Å²) in [7, 11) is -3.35. The number of halogens is 2. The third kappa shape index (κ3) is 4.70. The van der Waals surface area contributed by atoms with E-state index in [-0.39, 0.29) is 28.8 Å². The van der Waals surface area contributed by atoms with E-state index in [9.17, 15) is 17.2 Å². The van der Waals surface area contributed by atoms with E-state index in [1.54, 1.807) is 26.0 Å². The van der Waals surface area contributed by atoms with Crippen LogP contribution in [0.15, 0.2) is 42.5 Å². The summed E-state index contributed by atoms with van der Waals surface area (Å²) < 4.78 is 53.9. The first-order valence-electron chi connectivity index (χ1n) is 13.6. The highest BCUT2D eigenvalue weighted by Gasteiger charge is 2.43. The number of sulfone groups is 1. The molecule has 0 radical (unpaired) electrons. The number of aromatic nitrogens is 6. The Morgan fingerprint density at radius 2 is 1.73 bits per heavy atom. The maximum atomic E-state index is 14.6. The van der Waals surface area contributed by atoms with Gasteiger partial charge in [-0.2, -0.15) is 5.10 Å². The van der Waals surface area contributed by atoms with Gasteiger partial charge in [-0.3, -0.25) is 0 Å². The van der Waals surface area contributed by atoms with Gasteiger partial charge in [0.25, 0.3) is 0 Å². The summed E-state index contributed by atoms with van der Waals surface area (Å²) in [6.45, 7) is 7.35. The van der Waals surface area contributed by atoms with Gasteiger partial charge in [-0.15, -0.1) is 15.3 Å². The van der Waals surface area contributed by atoms with Gasteiger partial charge < -0.3 is 4.98 Å². The molecule has 4 aromatic rings. The van der Waals surface area contributed by atoms with Gasteiger partial charge in [-0.1, -0.05) is 32.9 Å². The number of nitrogens with zero attached hydrogens (tertiary/aromatic N) is 5. The Balaban J connectivity index is 1.59. The van der Waals surface area contributed by atoms with Crippen LogP contribution in [0.25, 0.3) is 22.8 Å². The Morgan fingerprint density at radius 3 is 2.40 bits per heavy atom. The summed E-state index contributed by atoms with van der Waals surface area (Å²) >= 11 is 0. The molecule has 1 aliphatic carbocycles. The van der Waals surface area contributed by atoms with Crippen molar-refractivity contribution >= 4 is 9.84 Å². The van der Waals surface area contributed by atoms with Crippen LogP contribution in [0, 0.1) is 11.6 Å². The zero-order chi connectivity index (χ0) is 28.7. The fourth-order valence-electron chi connectivity index (χ4n) is 5.67. The van der Waals surface area contributed by atoms with E-state index in [1.165, 1.54) is 18.2 Å². The molecular formula is C29H32F2N6O2S. The van der Waals surface area contributed by atoms with Crippen LogP contribution in [0.2, 0.25) is 0 Å². The zero-order valence-electron chi connectivity index (χ0n) is 22.9. The topological polar surface area (TPSA) is 114 Å². The van der Waals surface area contributed by atoms with E-state index in [1.807, 2.05) is 12.1 Å². The third-order valence-electron chi connectivity index (χ3n) is 8.26. The van der Waals surface area contributed by atoms with Crippen molar-refractivity contribution in [3.05, 3.63) is 76.9 Å². The standard InChI is InChI=1S/C29H32F2N6O2S/c1-5-18-14-15-29(6-2,26-19(18)16-23(34-35-26)25-20(30)10-8-11-21(25)31)24-13-9-12-22(32-24)28-33-27(36-37-28)17(4)40(38,39)7-3/h8-13,16-18H,5-7,14-15H2,1-4H3,(H,33,36,37)/t17-,18-,29+/m0/s1. The van der Waals surface area contributed by atoms with Gasteiger partial charge in [-0.05, 0) is 74.4 Å². The molecule has 11 heteroatoms. The van der Waals surface area contributed by atoms with Crippen LogP contribution in [-0.2, 0) is 15.3 Å². The minimum Gasteiger partial charge on any atom is -0.323 e. The first-order valence-corrected chi connectivity index (χ1v) is 15.3. The highest BCUT2D eigenvalue weighted by molar-refractivity contribution is 7.91. The van der Waals surface area contributed by atoms with Crippen LogP contribution in [0.3, 0.4) is 0 Å². The molecule has 1 aliphatic rings. The molecule has 0 fully saturated rings. The number of fused-ring (bicyclic) bond motifs is 1. The Morgan fingerprint density at radius 1 is 1.00 bits per heavy atom. The van der Waals surface area contributed by atoms with Gasteiger partial charge in [0, 0.05) is 5.75 Å². The Bertz CT molecular complexity index is 1640. The molecule has 1 N–H and O–H groups in total. The molecule has 0 unspecified atom stereocenters. The van der Waals surface area contributed by atoms with Crippen molar-refractivity contribution in [2.45, 2.75) is 70.0 Å². The van der Waals surface area contributed by atoms with Crippen LogP contribution in [-0.4, -0.2) is 44.5 Å². The normalized spacial score (nSPS) is 19.8. The van der Waals surface area contributed by atoms with Crippen molar-refractivity contribution in [1.82, 2.24) is 30.4 Å². The number of nitrogens with one attached hydrogen (secondary N) is 1. The van der Waals surface area contributed by atoms with Gasteiger partial charge in [0.05, 0.1) is 28.1 Å². The lowest BCUT2D eigenvalue weighted by atomic mass is 9.65. The van der Waals surface area contributed by atoms with Crippen molar-refractivity contribution in [2.75, 3.05) is 5.75 Å². The maximum absolute atomic E-state index is 14.6. The van der Waals surface area contributed by atoms with Gasteiger partial charge in [-0.25, -0.2) is 22.2 Å². The molecule has 3 heterocycles. The number of H-pyrrole nitrogens is 1. The lowest BCUT2D eigenvalue weighted by Crippen LogP contribution is -2.35. The predicted molar refractivity (Wildman–Crippen MR) is 148 cm³/mol. The van der Waals surface area contributed by atoms with Crippen LogP contribution in [0.4, 0.5) is 8.78 Å². The summed E-state index contributed by atoms with van der Waals surface area (Å²) in [6, 6.07) is 11.2. The minimum absolute atomic E-state index is 0.00141. The zero-order valence-corrected chi connectivity index (χ0v) is 23.8. The molecule has 40 heavy (non-hydrogen) atoms. The number of pyridine rings is 1. The van der Waals surface area contributed by atoms with Gasteiger partial charge in [0.15, 0.2) is 15.7 Å². The molecule has 0 bridgehead atoms. The molecule has 0 saturated heterocycles. The first kappa shape index (κ1) is 27.9. The molecule has 8 nitrogen and oxygen atoms in total. The third-order valence-corrected chi connectivity index (χ3v) is 10.4. The molecule has 0 spiro atoms. The van der Waals surface area contributed by atoms with E-state index in [0.29, 0.717) is 17.9 Å². The number of benzene rings is 1. The number of aromatic amines is 1. The van der Waals surface area contributed by atoms with Gasteiger partial charge in [0.2, 0.25) is 0 Å². The summed E-state index contributed by atoms with van der Waals surface area (Å²) in [5.41, 5.74) is 2.41. The fourth-order valence-corrected chi connectivity index (χ4v) is 6.62. The van der Waals surface area contributed by atoms with Crippen molar-refractivity contribution in [3.63, 3.8) is 0 Å². The van der Waals surface area contributed by atoms with E-state index in [0.717, 1.165) is 36.2 Å². The van der Waals surface area contributed by atoms with Gasteiger partial charge >= 0.3 is 0 Å². The molecule has 0 aliphatic heterocycles. The summed E-state index contributed by atoms with van der Waals surface area (Å²) in [6.07, 6.45) is 3.17. The molecule has 0 amide bonds. The Kier molecular flexibility index (Phi) is 7.52. The molecule has 210 valence electrons. The van der Waals surface area contributed by atoms with Crippen molar-refractivity contribution < 1.29 is 17.2 Å². The summed E-state index contributed by atoms with van der Waals surface area (Å²) in [5.74, 6) is -0.548. The lowest BCUT2D eigenvalue weighted by Gasteiger charge is -2.40. The van der Waals surface area contributed by atoms with E-state index in [2.05, 4.69) is 39.2 Å². The molecule has 1 aromatic carbocycles. The average Bonchev–Trinajstić information content (AvgIpc) is 3.46. The number of rotatable bonds is 8. The molecule has 3 atom stereocenters. The second-order valence-corrected chi connectivity index (χ2v) is 12.9. The van der Waals surface area contributed by atoms with E-state index in [4.69, 9.17) is 4.98 Å². The highest BCUT2D eigenvalue weighted by atomic mass is 32.2.